The molecule has 102 valence electrons. The first kappa shape index (κ1) is 13.8. The van der Waals surface area contributed by atoms with E-state index in [0.29, 0.717) is 0 Å². The maximum atomic E-state index is 5.22. The fourth-order valence-corrected chi connectivity index (χ4v) is 2.10. The number of nitrogens with two attached hydrogens (primary N) is 2. The predicted octanol–water partition coefficient (Wildman–Crippen LogP) is 2.58. The van der Waals surface area contributed by atoms with Crippen molar-refractivity contribution in [1.82, 2.24) is 0 Å². The quantitative estimate of drug-likeness (QED) is 0.509. The fourth-order valence-electron chi connectivity index (χ4n) is 2.10. The highest BCUT2D eigenvalue weighted by Crippen LogP contribution is 2.22. The molecule has 0 aromatic heterocycles. The van der Waals surface area contributed by atoms with Crippen molar-refractivity contribution >= 4 is 12.2 Å². The van der Waals surface area contributed by atoms with Gasteiger partial charge < -0.3 is 11.5 Å². The van der Waals surface area contributed by atoms with Crippen LogP contribution in [0.4, 0.5) is 0 Å². The van der Waals surface area contributed by atoms with Crippen molar-refractivity contribution in [3.63, 3.8) is 0 Å². The lowest BCUT2D eigenvalue weighted by Crippen LogP contribution is -2.21. The normalized spacial score (nSPS) is 10.7. The minimum absolute atomic E-state index is 0.0493. The van der Waals surface area contributed by atoms with E-state index >= 15 is 0 Å². The molecule has 20 heavy (non-hydrogen) atoms. The third kappa shape index (κ3) is 3.68. The van der Waals surface area contributed by atoms with Crippen LogP contribution >= 0.6 is 0 Å². The molecule has 0 saturated heterocycles. The summed E-state index contributed by atoms with van der Waals surface area (Å²) in [5, 5.41) is 7.42. The molecule has 4 N–H and O–H groups in total. The summed E-state index contributed by atoms with van der Waals surface area (Å²) in [5.74, 6) is -0.0493. The molecule has 0 amide bonds. The van der Waals surface area contributed by atoms with Crippen molar-refractivity contribution in [1.29, 1.82) is 0 Å². The van der Waals surface area contributed by atoms with Crippen LogP contribution in [-0.4, -0.2) is 12.2 Å². The highest BCUT2D eigenvalue weighted by molar-refractivity contribution is 5.83. The summed E-state index contributed by atoms with van der Waals surface area (Å²) in [6.07, 6.45) is 1.63. The molecule has 0 fully saturated rings. The molecule has 2 aromatic carbocycles. The summed E-state index contributed by atoms with van der Waals surface area (Å²) >= 11 is 0. The van der Waals surface area contributed by atoms with Gasteiger partial charge in [0.2, 0.25) is 5.96 Å². The minimum atomic E-state index is -0.0493. The van der Waals surface area contributed by atoms with Gasteiger partial charge in [-0.15, -0.1) is 5.10 Å². The first-order chi connectivity index (χ1) is 9.54. The largest absolute Gasteiger partial charge is 0.369 e. The molecule has 0 aliphatic heterocycles. The van der Waals surface area contributed by atoms with E-state index in [4.69, 9.17) is 11.5 Å². The Labute approximate surface area is 118 Å². The first-order valence-corrected chi connectivity index (χ1v) is 6.35. The second-order valence-corrected chi connectivity index (χ2v) is 4.77. The number of benzene rings is 2. The van der Waals surface area contributed by atoms with E-state index in [9.17, 15) is 0 Å². The van der Waals surface area contributed by atoms with E-state index in [2.05, 4.69) is 54.4 Å². The van der Waals surface area contributed by atoms with Crippen LogP contribution in [0.5, 0.6) is 0 Å². The van der Waals surface area contributed by atoms with Gasteiger partial charge in [-0.3, -0.25) is 0 Å². The van der Waals surface area contributed by atoms with Crippen LogP contribution in [0.25, 0.3) is 11.1 Å². The van der Waals surface area contributed by atoms with Crippen LogP contribution in [0, 0.1) is 13.8 Å². The average molecular weight is 266 g/mol. The number of guanidine groups is 1. The Kier molecular flexibility index (Phi) is 4.15. The molecule has 2 rings (SSSR count). The molecule has 0 bridgehead atoms. The van der Waals surface area contributed by atoms with E-state index in [1.165, 1.54) is 16.7 Å². The van der Waals surface area contributed by atoms with Crippen LogP contribution < -0.4 is 11.5 Å². The van der Waals surface area contributed by atoms with Gasteiger partial charge in [0, 0.05) is 0 Å². The lowest BCUT2D eigenvalue weighted by molar-refractivity contribution is 1.21. The van der Waals surface area contributed by atoms with Crippen LogP contribution in [0.1, 0.15) is 16.7 Å². The molecule has 0 unspecified atom stereocenters. The molecule has 0 saturated carbocycles. The number of hydrogen-bond acceptors (Lipinski definition) is 2. The molecule has 0 spiro atoms. The van der Waals surface area contributed by atoms with E-state index in [1.807, 2.05) is 12.1 Å². The van der Waals surface area contributed by atoms with Crippen LogP contribution in [0.3, 0.4) is 0 Å². The van der Waals surface area contributed by atoms with Gasteiger partial charge in [-0.2, -0.15) is 5.10 Å². The number of aryl methyl sites for hydroxylation is 2. The van der Waals surface area contributed by atoms with E-state index in [0.717, 1.165) is 11.1 Å². The van der Waals surface area contributed by atoms with Gasteiger partial charge in [-0.05, 0) is 36.6 Å². The smallest absolute Gasteiger partial charge is 0.211 e. The first-order valence-electron chi connectivity index (χ1n) is 6.35. The zero-order chi connectivity index (χ0) is 14.5. The number of rotatable bonds is 3. The lowest BCUT2D eigenvalue weighted by Gasteiger charge is -2.06. The second kappa shape index (κ2) is 6.02. The van der Waals surface area contributed by atoms with Gasteiger partial charge in [-0.25, -0.2) is 0 Å². The highest BCUT2D eigenvalue weighted by atomic mass is 15.3. The van der Waals surface area contributed by atoms with E-state index < -0.39 is 0 Å². The SMILES string of the molecule is Cc1cc(C)cc(-c2cccc(C=NN=C(N)N)c2)c1. The third-order valence-electron chi connectivity index (χ3n) is 2.82. The summed E-state index contributed by atoms with van der Waals surface area (Å²) < 4.78 is 0. The van der Waals surface area contributed by atoms with Gasteiger partial charge in [0.1, 0.15) is 0 Å². The zero-order valence-corrected chi connectivity index (χ0v) is 11.7. The monoisotopic (exact) mass is 266 g/mol. The van der Waals surface area contributed by atoms with Crippen LogP contribution in [0.15, 0.2) is 52.7 Å². The molecular weight excluding hydrogens is 248 g/mol. The molecule has 0 radical (unpaired) electrons. The molecule has 0 heterocycles. The Morgan fingerprint density at radius 3 is 2.30 bits per heavy atom. The Hall–Kier alpha value is -2.62. The fraction of sp³-hybridized carbons (Fsp3) is 0.125. The Morgan fingerprint density at radius 2 is 1.65 bits per heavy atom. The minimum Gasteiger partial charge on any atom is -0.369 e. The summed E-state index contributed by atoms with van der Waals surface area (Å²) in [4.78, 5) is 0. The molecular formula is C16H18N4. The van der Waals surface area contributed by atoms with Gasteiger partial charge in [-0.1, -0.05) is 47.5 Å². The molecule has 4 heteroatoms. The van der Waals surface area contributed by atoms with Crippen LogP contribution in [0.2, 0.25) is 0 Å². The van der Waals surface area contributed by atoms with Crippen molar-refractivity contribution in [3.8, 4) is 11.1 Å². The number of nitrogens with zero attached hydrogens (tertiary/aromatic N) is 2. The summed E-state index contributed by atoms with van der Waals surface area (Å²) in [6, 6.07) is 14.6. The standard InChI is InChI=1S/C16H18N4/c1-11-6-12(2)8-15(7-11)14-5-3-4-13(9-14)10-19-20-16(17)18/h3-10H,1-2H3,(H4,17,18,20). The summed E-state index contributed by atoms with van der Waals surface area (Å²) in [6.45, 7) is 4.20. The molecule has 0 atom stereocenters. The Balaban J connectivity index is 2.34. The van der Waals surface area contributed by atoms with Crippen molar-refractivity contribution in [2.75, 3.05) is 0 Å². The van der Waals surface area contributed by atoms with E-state index in [-0.39, 0.29) is 5.96 Å². The van der Waals surface area contributed by atoms with Crippen molar-refractivity contribution in [2.45, 2.75) is 13.8 Å². The predicted molar refractivity (Wildman–Crippen MR) is 84.8 cm³/mol. The Bertz CT molecular complexity index is 648. The second-order valence-electron chi connectivity index (χ2n) is 4.77. The average Bonchev–Trinajstić information content (AvgIpc) is 2.37. The lowest BCUT2D eigenvalue weighted by atomic mass is 9.99. The van der Waals surface area contributed by atoms with Gasteiger partial charge in [0.05, 0.1) is 6.21 Å². The number of hydrogen-bond donors (Lipinski definition) is 2. The van der Waals surface area contributed by atoms with Gasteiger partial charge >= 0.3 is 0 Å². The van der Waals surface area contributed by atoms with E-state index in [1.54, 1.807) is 6.21 Å². The van der Waals surface area contributed by atoms with Gasteiger partial charge in [0.25, 0.3) is 0 Å². The van der Waals surface area contributed by atoms with Crippen molar-refractivity contribution < 1.29 is 0 Å². The molecule has 2 aromatic rings. The van der Waals surface area contributed by atoms with Crippen molar-refractivity contribution in [3.05, 3.63) is 59.2 Å². The topological polar surface area (TPSA) is 76.8 Å². The summed E-state index contributed by atoms with van der Waals surface area (Å²) in [5.41, 5.74) is 16.2. The maximum Gasteiger partial charge on any atom is 0.211 e. The van der Waals surface area contributed by atoms with Gasteiger partial charge in [0.15, 0.2) is 0 Å². The molecule has 0 aliphatic carbocycles. The zero-order valence-electron chi connectivity index (χ0n) is 11.7. The van der Waals surface area contributed by atoms with Crippen LogP contribution in [-0.2, 0) is 0 Å². The van der Waals surface area contributed by atoms with Crippen molar-refractivity contribution in [2.24, 2.45) is 21.7 Å². The third-order valence-corrected chi connectivity index (χ3v) is 2.82. The molecule has 4 nitrogen and oxygen atoms in total. The summed E-state index contributed by atoms with van der Waals surface area (Å²) in [7, 11) is 0. The maximum absolute atomic E-state index is 5.22. The Morgan fingerprint density at radius 1 is 0.950 bits per heavy atom. The molecule has 0 aliphatic rings. The highest BCUT2D eigenvalue weighted by Gasteiger charge is 2.00.